The van der Waals surface area contributed by atoms with E-state index in [1.807, 2.05) is 6.92 Å². The summed E-state index contributed by atoms with van der Waals surface area (Å²) in [7, 11) is 0. The molecule has 1 aromatic carbocycles. The van der Waals surface area contributed by atoms with Crippen LogP contribution < -0.4 is 0 Å². The van der Waals surface area contributed by atoms with Gasteiger partial charge >= 0.3 is 5.97 Å². The van der Waals surface area contributed by atoms with Crippen molar-refractivity contribution >= 4 is 17.6 Å². The van der Waals surface area contributed by atoms with Crippen LogP contribution in [0.5, 0.6) is 0 Å². The number of carbonyl (C=O) groups is 1. The minimum absolute atomic E-state index is 0.0225. The Morgan fingerprint density at radius 3 is 2.76 bits per heavy atom. The third-order valence-electron chi connectivity index (χ3n) is 3.31. The van der Waals surface area contributed by atoms with Gasteiger partial charge < -0.3 is 5.11 Å². The van der Waals surface area contributed by atoms with Crippen LogP contribution in [0.3, 0.4) is 0 Å². The molecule has 2 nitrogen and oxygen atoms in total. The van der Waals surface area contributed by atoms with Gasteiger partial charge in [0.05, 0.1) is 11.4 Å². The highest BCUT2D eigenvalue weighted by Crippen LogP contribution is 2.47. The van der Waals surface area contributed by atoms with Gasteiger partial charge in [0.2, 0.25) is 0 Å². The van der Waals surface area contributed by atoms with Gasteiger partial charge in [-0.2, -0.15) is 0 Å². The first-order valence-corrected chi connectivity index (χ1v) is 6.04. The number of hydrogen-bond acceptors (Lipinski definition) is 1. The van der Waals surface area contributed by atoms with Crippen LogP contribution in [0.2, 0.25) is 5.02 Å². The topological polar surface area (TPSA) is 37.3 Å². The number of aliphatic carboxylic acids is 1. The number of hydrogen-bond donors (Lipinski definition) is 1. The van der Waals surface area contributed by atoms with Crippen LogP contribution in [-0.4, -0.2) is 11.1 Å². The van der Waals surface area contributed by atoms with E-state index >= 15 is 0 Å². The predicted octanol–water partition coefficient (Wildman–Crippen LogP) is 3.76. The molecule has 1 aliphatic rings. The van der Waals surface area contributed by atoms with Crippen molar-refractivity contribution in [1.29, 1.82) is 0 Å². The van der Waals surface area contributed by atoms with Gasteiger partial charge in [-0.25, -0.2) is 4.39 Å². The summed E-state index contributed by atoms with van der Waals surface area (Å²) >= 11 is 5.98. The van der Waals surface area contributed by atoms with Gasteiger partial charge in [0.25, 0.3) is 0 Å². The van der Waals surface area contributed by atoms with Gasteiger partial charge in [-0.3, -0.25) is 4.79 Å². The van der Waals surface area contributed by atoms with Gasteiger partial charge in [0, 0.05) is 0 Å². The van der Waals surface area contributed by atoms with E-state index < -0.39 is 11.8 Å². The molecule has 1 saturated carbocycles. The maximum absolute atomic E-state index is 13.5. The monoisotopic (exact) mass is 256 g/mol. The molecule has 0 spiro atoms. The lowest BCUT2D eigenvalue weighted by atomic mass is 9.88. The minimum Gasteiger partial charge on any atom is -0.481 e. The summed E-state index contributed by atoms with van der Waals surface area (Å²) in [6, 6.07) is 2.99. The molecular formula is C13H14ClFO2. The Balaban J connectivity index is 2.41. The van der Waals surface area contributed by atoms with E-state index in [0.29, 0.717) is 11.5 Å². The van der Waals surface area contributed by atoms with Gasteiger partial charge in [-0.15, -0.1) is 0 Å². The van der Waals surface area contributed by atoms with E-state index in [1.54, 1.807) is 6.07 Å². The number of rotatable bonds is 4. The fraction of sp³-hybridized carbons (Fsp3) is 0.462. The molecule has 0 aliphatic heterocycles. The van der Waals surface area contributed by atoms with E-state index in [0.717, 1.165) is 18.4 Å². The number of halogens is 2. The number of carboxylic acid groups (broad SMARTS) is 1. The minimum atomic E-state index is -0.860. The summed E-state index contributed by atoms with van der Waals surface area (Å²) in [5.74, 6) is -1.15. The van der Waals surface area contributed by atoms with E-state index in [4.69, 9.17) is 16.7 Å². The predicted molar refractivity (Wildman–Crippen MR) is 63.9 cm³/mol. The zero-order valence-corrected chi connectivity index (χ0v) is 10.3. The van der Waals surface area contributed by atoms with Gasteiger partial charge in [-0.1, -0.05) is 17.7 Å². The lowest BCUT2D eigenvalue weighted by Crippen LogP contribution is -2.11. The summed E-state index contributed by atoms with van der Waals surface area (Å²) < 4.78 is 13.5. The highest BCUT2D eigenvalue weighted by molar-refractivity contribution is 6.31. The second-order valence-corrected chi connectivity index (χ2v) is 5.01. The van der Waals surface area contributed by atoms with Crippen molar-refractivity contribution in [3.05, 3.63) is 34.1 Å². The molecule has 0 bridgehead atoms. The molecule has 2 rings (SSSR count). The second kappa shape index (κ2) is 4.65. The molecule has 1 N–H and O–H groups in total. The smallest absolute Gasteiger partial charge is 0.303 e. The summed E-state index contributed by atoms with van der Waals surface area (Å²) in [6.07, 6.45) is 2.03. The van der Waals surface area contributed by atoms with Crippen LogP contribution in [0.15, 0.2) is 12.1 Å². The first-order valence-electron chi connectivity index (χ1n) is 5.67. The molecule has 0 heterocycles. The van der Waals surface area contributed by atoms with Crippen molar-refractivity contribution in [2.75, 3.05) is 0 Å². The van der Waals surface area contributed by atoms with Gasteiger partial charge in [0.15, 0.2) is 0 Å². The Morgan fingerprint density at radius 1 is 1.59 bits per heavy atom. The van der Waals surface area contributed by atoms with Crippen LogP contribution in [0.1, 0.15) is 36.3 Å². The highest BCUT2D eigenvalue weighted by Gasteiger charge is 2.36. The Labute approximate surface area is 104 Å². The zero-order valence-electron chi connectivity index (χ0n) is 9.54. The van der Waals surface area contributed by atoms with E-state index in [2.05, 4.69) is 0 Å². The molecule has 17 heavy (non-hydrogen) atoms. The largest absolute Gasteiger partial charge is 0.481 e. The zero-order chi connectivity index (χ0) is 12.6. The maximum Gasteiger partial charge on any atom is 0.303 e. The van der Waals surface area contributed by atoms with E-state index in [-0.39, 0.29) is 17.4 Å². The molecule has 4 heteroatoms. The molecular weight excluding hydrogens is 243 g/mol. The van der Waals surface area contributed by atoms with Gasteiger partial charge in [0.1, 0.15) is 5.82 Å². The normalized spacial score (nSPS) is 16.9. The third kappa shape index (κ3) is 2.60. The molecule has 1 aromatic rings. The lowest BCUT2D eigenvalue weighted by molar-refractivity contribution is -0.137. The van der Waals surface area contributed by atoms with Crippen LogP contribution >= 0.6 is 11.6 Å². The maximum atomic E-state index is 13.5. The molecule has 0 aromatic heterocycles. The summed E-state index contributed by atoms with van der Waals surface area (Å²) in [6.45, 7) is 1.85. The summed E-state index contributed by atoms with van der Waals surface area (Å²) in [4.78, 5) is 10.9. The highest BCUT2D eigenvalue weighted by atomic mass is 35.5. The molecule has 0 radical (unpaired) electrons. The average Bonchev–Trinajstić information content (AvgIpc) is 3.06. The van der Waals surface area contributed by atoms with Crippen LogP contribution in [0, 0.1) is 18.7 Å². The lowest BCUT2D eigenvalue weighted by Gasteiger charge is -2.19. The Bertz CT molecular complexity index is 455. The second-order valence-electron chi connectivity index (χ2n) is 4.63. The van der Waals surface area contributed by atoms with Crippen molar-refractivity contribution in [2.24, 2.45) is 5.92 Å². The molecule has 1 aliphatic carbocycles. The van der Waals surface area contributed by atoms with E-state index in [9.17, 15) is 9.18 Å². The van der Waals surface area contributed by atoms with Crippen molar-refractivity contribution in [3.63, 3.8) is 0 Å². The Morgan fingerprint density at radius 2 is 2.24 bits per heavy atom. The third-order valence-corrected chi connectivity index (χ3v) is 3.69. The number of carboxylic acids is 1. The quantitative estimate of drug-likeness (QED) is 0.891. The standard InChI is InChI=1S/C13H14ClFO2/c1-7-2-5-10(15)13(14)12(7)9(6-11(16)17)8-3-4-8/h2,5,8-9H,3-4,6H2,1H3,(H,16,17). The molecule has 0 saturated heterocycles. The molecule has 92 valence electrons. The van der Waals surface area contributed by atoms with E-state index in [1.165, 1.54) is 6.07 Å². The van der Waals surface area contributed by atoms with Crippen molar-refractivity contribution in [2.45, 2.75) is 32.1 Å². The Hall–Kier alpha value is -1.09. The fourth-order valence-electron chi connectivity index (χ4n) is 2.31. The summed E-state index contributed by atoms with van der Waals surface area (Å²) in [5.41, 5.74) is 1.55. The van der Waals surface area contributed by atoms with Crippen LogP contribution in [0.25, 0.3) is 0 Å². The van der Waals surface area contributed by atoms with Gasteiger partial charge in [-0.05, 0) is 48.8 Å². The van der Waals surface area contributed by atoms with Crippen LogP contribution in [-0.2, 0) is 4.79 Å². The van der Waals surface area contributed by atoms with Crippen LogP contribution in [0.4, 0.5) is 4.39 Å². The Kier molecular flexibility index (Phi) is 3.38. The number of benzene rings is 1. The molecule has 0 amide bonds. The SMILES string of the molecule is Cc1ccc(F)c(Cl)c1C(CC(=O)O)C1CC1. The molecule has 1 atom stereocenters. The fourth-order valence-corrected chi connectivity index (χ4v) is 2.66. The van der Waals surface area contributed by atoms with Crippen molar-refractivity contribution in [1.82, 2.24) is 0 Å². The number of aryl methyl sites for hydroxylation is 1. The first kappa shape index (κ1) is 12.4. The molecule has 1 unspecified atom stereocenters. The molecule has 1 fully saturated rings. The first-order chi connectivity index (χ1) is 8.00. The van der Waals surface area contributed by atoms with Crippen molar-refractivity contribution < 1.29 is 14.3 Å². The van der Waals surface area contributed by atoms with Crippen molar-refractivity contribution in [3.8, 4) is 0 Å². The summed E-state index contributed by atoms with van der Waals surface area (Å²) in [5, 5.41) is 9.02. The average molecular weight is 257 g/mol.